The Bertz CT molecular complexity index is 421. The van der Waals surface area contributed by atoms with Crippen LogP contribution in [0.1, 0.15) is 18.1 Å². The van der Waals surface area contributed by atoms with Crippen molar-refractivity contribution in [3.05, 3.63) is 53.6 Å². The van der Waals surface area contributed by atoms with E-state index in [0.717, 1.165) is 27.7 Å². The van der Waals surface area contributed by atoms with Crippen molar-refractivity contribution in [2.45, 2.75) is 6.92 Å². The summed E-state index contributed by atoms with van der Waals surface area (Å²) >= 11 is 1.43. The third kappa shape index (κ3) is 4.00. The van der Waals surface area contributed by atoms with E-state index in [4.69, 9.17) is 5.84 Å². The molecule has 0 aliphatic carbocycles. The van der Waals surface area contributed by atoms with E-state index in [1.165, 1.54) is 11.8 Å². The molecule has 90 valence electrons. The largest absolute Gasteiger partial charge is 0.380 e. The van der Waals surface area contributed by atoms with Crippen molar-refractivity contribution in [3.63, 3.8) is 0 Å². The number of nitrogens with one attached hydrogen (secondary N) is 1. The average Bonchev–Trinajstić information content (AvgIpc) is 2.36. The van der Waals surface area contributed by atoms with Crippen molar-refractivity contribution in [1.29, 1.82) is 0 Å². The minimum Gasteiger partial charge on any atom is -0.380 e. The third-order valence-corrected chi connectivity index (χ3v) is 3.03. The highest BCUT2D eigenvalue weighted by Gasteiger charge is 2.06. The van der Waals surface area contributed by atoms with Gasteiger partial charge in [0.15, 0.2) is 0 Å². The average molecular weight is 247 g/mol. The van der Waals surface area contributed by atoms with Crippen LogP contribution in [0.5, 0.6) is 0 Å². The molecule has 1 aromatic rings. The standard InChI is InChI=1S/C13H17N3S/c1-4-11-6-8-12(9-7-11)13(16-14)17-10(3)15-5-2/h4,6-9,15H,1,3,5,14H2,2H3/b16-13-. The van der Waals surface area contributed by atoms with E-state index in [1.807, 2.05) is 31.2 Å². The van der Waals surface area contributed by atoms with E-state index in [-0.39, 0.29) is 0 Å². The number of hydrogen-bond acceptors (Lipinski definition) is 4. The van der Waals surface area contributed by atoms with Crippen LogP contribution < -0.4 is 11.2 Å². The predicted octanol–water partition coefficient (Wildman–Crippen LogP) is 2.76. The Hall–Kier alpha value is -1.68. The molecule has 1 rings (SSSR count). The summed E-state index contributed by atoms with van der Waals surface area (Å²) in [6.45, 7) is 10.5. The second kappa shape index (κ2) is 6.81. The van der Waals surface area contributed by atoms with Gasteiger partial charge in [0, 0.05) is 12.1 Å². The van der Waals surface area contributed by atoms with Crippen molar-refractivity contribution in [3.8, 4) is 0 Å². The molecule has 17 heavy (non-hydrogen) atoms. The molecule has 1 aromatic carbocycles. The van der Waals surface area contributed by atoms with Gasteiger partial charge in [-0.3, -0.25) is 0 Å². The molecule has 0 heterocycles. The van der Waals surface area contributed by atoms with Crippen LogP contribution in [0.25, 0.3) is 6.08 Å². The van der Waals surface area contributed by atoms with Gasteiger partial charge in [0.1, 0.15) is 5.04 Å². The monoisotopic (exact) mass is 247 g/mol. The number of thioether (sulfide) groups is 1. The zero-order valence-electron chi connectivity index (χ0n) is 9.94. The normalized spacial score (nSPS) is 11.0. The fourth-order valence-corrected chi connectivity index (χ4v) is 2.03. The van der Waals surface area contributed by atoms with Crippen molar-refractivity contribution in [2.24, 2.45) is 10.9 Å². The van der Waals surface area contributed by atoms with Crippen molar-refractivity contribution in [1.82, 2.24) is 5.32 Å². The second-order valence-corrected chi connectivity index (χ2v) is 4.40. The number of nitrogens with two attached hydrogens (primary N) is 1. The van der Waals surface area contributed by atoms with Crippen LogP contribution in [0.3, 0.4) is 0 Å². The Morgan fingerprint density at radius 1 is 1.47 bits per heavy atom. The lowest BCUT2D eigenvalue weighted by atomic mass is 10.1. The van der Waals surface area contributed by atoms with E-state index in [0.29, 0.717) is 0 Å². The zero-order chi connectivity index (χ0) is 12.7. The molecule has 0 aliphatic heterocycles. The highest BCUT2D eigenvalue weighted by molar-refractivity contribution is 8.17. The van der Waals surface area contributed by atoms with Crippen LogP contribution in [0, 0.1) is 0 Å². The quantitative estimate of drug-likeness (QED) is 0.364. The Kier molecular flexibility index (Phi) is 5.36. The first kappa shape index (κ1) is 13.4. The fraction of sp³-hybridized carbons (Fsp3) is 0.154. The summed E-state index contributed by atoms with van der Waals surface area (Å²) in [5, 5.41) is 8.49. The molecule has 4 heteroatoms. The van der Waals surface area contributed by atoms with Crippen LogP contribution in [0.4, 0.5) is 0 Å². The molecule has 0 bridgehead atoms. The summed E-state index contributed by atoms with van der Waals surface area (Å²) < 4.78 is 0. The molecule has 3 N–H and O–H groups in total. The SMILES string of the molecule is C=Cc1ccc(/C(=N/N)SC(=C)NCC)cc1. The van der Waals surface area contributed by atoms with Gasteiger partial charge in [0.2, 0.25) is 0 Å². The van der Waals surface area contributed by atoms with Gasteiger partial charge in [-0.2, -0.15) is 5.10 Å². The molecule has 0 aliphatic rings. The van der Waals surface area contributed by atoms with Gasteiger partial charge < -0.3 is 11.2 Å². The fourth-order valence-electron chi connectivity index (χ4n) is 1.27. The topological polar surface area (TPSA) is 50.4 Å². The maximum Gasteiger partial charge on any atom is 0.129 e. The lowest BCUT2D eigenvalue weighted by Crippen LogP contribution is -2.11. The third-order valence-electron chi connectivity index (χ3n) is 2.10. The number of hydrazone groups is 1. The highest BCUT2D eigenvalue weighted by atomic mass is 32.2. The Morgan fingerprint density at radius 2 is 2.12 bits per heavy atom. The van der Waals surface area contributed by atoms with Gasteiger partial charge in [0.05, 0.1) is 5.03 Å². The van der Waals surface area contributed by atoms with Gasteiger partial charge in [-0.05, 0) is 12.5 Å². The summed E-state index contributed by atoms with van der Waals surface area (Å²) in [5.41, 5.74) is 2.04. The Labute approximate surface area is 106 Å². The van der Waals surface area contributed by atoms with E-state index in [1.54, 1.807) is 6.08 Å². The molecule has 0 spiro atoms. The van der Waals surface area contributed by atoms with E-state index < -0.39 is 0 Å². The van der Waals surface area contributed by atoms with Crippen molar-refractivity contribution < 1.29 is 0 Å². The molecule has 3 nitrogen and oxygen atoms in total. The summed E-state index contributed by atoms with van der Waals surface area (Å²) in [6.07, 6.45) is 1.80. The minimum absolute atomic E-state index is 0.742. The van der Waals surface area contributed by atoms with Crippen LogP contribution in [0.15, 0.2) is 47.6 Å². The van der Waals surface area contributed by atoms with Crippen molar-refractivity contribution in [2.75, 3.05) is 6.54 Å². The number of hydrogen-bond donors (Lipinski definition) is 2. The Balaban J connectivity index is 2.80. The van der Waals surface area contributed by atoms with Gasteiger partial charge in [-0.1, -0.05) is 55.3 Å². The highest BCUT2D eigenvalue weighted by Crippen LogP contribution is 2.19. The molecule has 0 radical (unpaired) electrons. The van der Waals surface area contributed by atoms with Crippen LogP contribution in [-0.2, 0) is 0 Å². The van der Waals surface area contributed by atoms with E-state index in [2.05, 4.69) is 23.6 Å². The lowest BCUT2D eigenvalue weighted by molar-refractivity contribution is 0.909. The molecule has 0 saturated carbocycles. The number of rotatable bonds is 5. The molecular weight excluding hydrogens is 230 g/mol. The zero-order valence-corrected chi connectivity index (χ0v) is 10.8. The number of nitrogens with zero attached hydrogens (tertiary/aromatic N) is 1. The van der Waals surface area contributed by atoms with Gasteiger partial charge >= 0.3 is 0 Å². The molecular formula is C13H17N3S. The van der Waals surface area contributed by atoms with Gasteiger partial charge in [-0.15, -0.1) is 0 Å². The van der Waals surface area contributed by atoms with Gasteiger partial charge in [-0.25, -0.2) is 0 Å². The predicted molar refractivity (Wildman–Crippen MR) is 77.7 cm³/mol. The van der Waals surface area contributed by atoms with Crippen LogP contribution in [-0.4, -0.2) is 11.6 Å². The van der Waals surface area contributed by atoms with E-state index in [9.17, 15) is 0 Å². The molecule has 0 unspecified atom stereocenters. The van der Waals surface area contributed by atoms with Gasteiger partial charge in [0.25, 0.3) is 0 Å². The molecule has 0 amide bonds. The molecule has 0 atom stereocenters. The summed E-state index contributed by atoms with van der Waals surface area (Å²) in [7, 11) is 0. The minimum atomic E-state index is 0.742. The van der Waals surface area contributed by atoms with E-state index >= 15 is 0 Å². The van der Waals surface area contributed by atoms with Crippen LogP contribution in [0.2, 0.25) is 0 Å². The summed E-state index contributed by atoms with van der Waals surface area (Å²) in [5.74, 6) is 5.40. The van der Waals surface area contributed by atoms with Crippen molar-refractivity contribution >= 4 is 22.9 Å². The smallest absolute Gasteiger partial charge is 0.129 e. The second-order valence-electron chi connectivity index (χ2n) is 3.32. The molecule has 0 saturated heterocycles. The molecule has 0 fully saturated rings. The van der Waals surface area contributed by atoms with Crippen LogP contribution >= 0.6 is 11.8 Å². The lowest BCUT2D eigenvalue weighted by Gasteiger charge is -2.08. The maximum absolute atomic E-state index is 5.40. The maximum atomic E-state index is 5.40. The Morgan fingerprint density at radius 3 is 2.59 bits per heavy atom. The molecule has 0 aromatic heterocycles. The first-order chi connectivity index (χ1) is 8.21. The first-order valence-corrected chi connectivity index (χ1v) is 6.14. The summed E-state index contributed by atoms with van der Waals surface area (Å²) in [6, 6.07) is 7.89. The first-order valence-electron chi connectivity index (χ1n) is 5.32. The number of benzene rings is 1. The summed E-state index contributed by atoms with van der Waals surface area (Å²) in [4.78, 5) is 0.